The Bertz CT molecular complexity index is 699. The van der Waals surface area contributed by atoms with Crippen molar-refractivity contribution < 1.29 is 22.7 Å². The Morgan fingerprint density at radius 3 is 2.77 bits per heavy atom. The second-order valence-corrected chi connectivity index (χ2v) is 7.93. The lowest BCUT2D eigenvalue weighted by atomic mass is 10.1. The van der Waals surface area contributed by atoms with Gasteiger partial charge in [0.15, 0.2) is 16.6 Å². The molecule has 6 nitrogen and oxygen atoms in total. The van der Waals surface area contributed by atoms with Crippen molar-refractivity contribution in [1.82, 2.24) is 4.90 Å². The second-order valence-electron chi connectivity index (χ2n) is 5.43. The Morgan fingerprint density at radius 2 is 2.09 bits per heavy atom. The van der Waals surface area contributed by atoms with Gasteiger partial charge in [0.2, 0.25) is 5.91 Å². The highest BCUT2D eigenvalue weighted by Crippen LogP contribution is 2.32. The molecule has 8 heteroatoms. The van der Waals surface area contributed by atoms with E-state index in [1.807, 2.05) is 0 Å². The third kappa shape index (κ3) is 3.37. The van der Waals surface area contributed by atoms with Crippen LogP contribution in [-0.4, -0.2) is 44.9 Å². The summed E-state index contributed by atoms with van der Waals surface area (Å²) in [5.41, 5.74) is 1.19. The minimum absolute atomic E-state index is 0.0778. The van der Waals surface area contributed by atoms with Crippen LogP contribution in [0, 0.1) is 0 Å². The molecule has 0 unspecified atom stereocenters. The van der Waals surface area contributed by atoms with E-state index in [1.54, 1.807) is 17.0 Å². The number of halogens is 1. The van der Waals surface area contributed by atoms with Crippen LogP contribution in [0.4, 0.5) is 0 Å². The molecule has 22 heavy (non-hydrogen) atoms. The van der Waals surface area contributed by atoms with Crippen molar-refractivity contribution >= 4 is 27.3 Å². The van der Waals surface area contributed by atoms with E-state index in [2.05, 4.69) is 0 Å². The number of likely N-dealkylation sites (tertiary alicyclic amines) is 1. The maximum atomic E-state index is 12.3. The van der Waals surface area contributed by atoms with Gasteiger partial charge in [-0.1, -0.05) is 11.6 Å². The lowest BCUT2D eigenvalue weighted by Gasteiger charge is -2.30. The van der Waals surface area contributed by atoms with Gasteiger partial charge in [-0.2, -0.15) is 0 Å². The van der Waals surface area contributed by atoms with Crippen LogP contribution in [-0.2, 0) is 31.7 Å². The lowest BCUT2D eigenvalue weighted by molar-refractivity contribution is -0.131. The minimum Gasteiger partial charge on any atom is -0.467 e. The second kappa shape index (κ2) is 6.06. The molecule has 3 rings (SSSR count). The van der Waals surface area contributed by atoms with E-state index >= 15 is 0 Å². The molecule has 1 fully saturated rings. The van der Waals surface area contributed by atoms with Crippen molar-refractivity contribution in [3.63, 3.8) is 0 Å². The number of carbonyl (C=O) groups excluding carboxylic acids is 1. The zero-order valence-corrected chi connectivity index (χ0v) is 13.5. The first-order chi connectivity index (χ1) is 10.4. The van der Waals surface area contributed by atoms with E-state index in [-0.39, 0.29) is 18.5 Å². The molecule has 0 spiro atoms. The van der Waals surface area contributed by atoms with Gasteiger partial charge >= 0.3 is 0 Å². The fourth-order valence-corrected chi connectivity index (χ4v) is 4.11. The smallest absolute Gasteiger partial charge is 0.237 e. The highest BCUT2D eigenvalue weighted by atomic mass is 35.5. The average Bonchev–Trinajstić information content (AvgIpc) is 2.34. The molecule has 120 valence electrons. The molecule has 2 heterocycles. The van der Waals surface area contributed by atoms with E-state index < -0.39 is 15.6 Å². The fourth-order valence-electron chi connectivity index (χ4n) is 2.50. The maximum absolute atomic E-state index is 12.3. The van der Waals surface area contributed by atoms with Crippen LogP contribution in [0.5, 0.6) is 5.75 Å². The summed E-state index contributed by atoms with van der Waals surface area (Å²) in [5.74, 6) is -0.595. The van der Waals surface area contributed by atoms with E-state index in [4.69, 9.17) is 21.1 Å². The Labute approximate surface area is 133 Å². The molecular formula is C14H16ClNO5S. The number of ether oxygens (including phenoxy) is 2. The topological polar surface area (TPSA) is 72.9 Å². The highest BCUT2D eigenvalue weighted by molar-refractivity contribution is 7.91. The van der Waals surface area contributed by atoms with Crippen LogP contribution in [0.3, 0.4) is 0 Å². The number of benzene rings is 1. The van der Waals surface area contributed by atoms with Gasteiger partial charge in [-0.25, -0.2) is 8.42 Å². The van der Waals surface area contributed by atoms with Crippen LogP contribution in [0.25, 0.3) is 0 Å². The third-order valence-corrected chi connectivity index (χ3v) is 5.34. The van der Waals surface area contributed by atoms with Crippen LogP contribution in [0.1, 0.15) is 17.5 Å². The van der Waals surface area contributed by atoms with Crippen molar-refractivity contribution in [2.45, 2.75) is 18.8 Å². The van der Waals surface area contributed by atoms with Gasteiger partial charge in [0, 0.05) is 29.2 Å². The third-order valence-electron chi connectivity index (χ3n) is 3.68. The van der Waals surface area contributed by atoms with Crippen molar-refractivity contribution in [3.8, 4) is 5.75 Å². The van der Waals surface area contributed by atoms with Gasteiger partial charge in [0.25, 0.3) is 0 Å². The predicted octanol–water partition coefficient (Wildman–Crippen LogP) is 1.35. The van der Waals surface area contributed by atoms with Crippen molar-refractivity contribution in [2.24, 2.45) is 0 Å². The monoisotopic (exact) mass is 345 g/mol. The minimum atomic E-state index is -3.58. The number of sulfone groups is 1. The Balaban J connectivity index is 1.79. The average molecular weight is 346 g/mol. The summed E-state index contributed by atoms with van der Waals surface area (Å²) >= 11 is 6.02. The molecule has 0 bridgehead atoms. The van der Waals surface area contributed by atoms with E-state index in [9.17, 15) is 13.2 Å². The van der Waals surface area contributed by atoms with E-state index in [1.165, 1.54) is 0 Å². The first-order valence-corrected chi connectivity index (χ1v) is 9.14. The van der Waals surface area contributed by atoms with Gasteiger partial charge in [-0.3, -0.25) is 4.79 Å². The van der Waals surface area contributed by atoms with Gasteiger partial charge in [0.1, 0.15) is 11.5 Å². The normalized spacial score (nSPS) is 17.4. The summed E-state index contributed by atoms with van der Waals surface area (Å²) < 4.78 is 35.1. The number of hydrogen-bond donors (Lipinski definition) is 0. The van der Waals surface area contributed by atoms with Gasteiger partial charge in [-0.05, 0) is 18.6 Å². The van der Waals surface area contributed by atoms with Gasteiger partial charge < -0.3 is 14.4 Å². The van der Waals surface area contributed by atoms with Crippen LogP contribution in [0.15, 0.2) is 12.1 Å². The van der Waals surface area contributed by atoms with Gasteiger partial charge in [0.05, 0.1) is 12.4 Å². The lowest BCUT2D eigenvalue weighted by Crippen LogP contribution is -2.44. The molecule has 0 aliphatic carbocycles. The number of fused-ring (bicyclic) bond motifs is 1. The zero-order valence-electron chi connectivity index (χ0n) is 11.9. The number of nitrogens with zero attached hydrogens (tertiary/aromatic N) is 1. The van der Waals surface area contributed by atoms with Crippen molar-refractivity contribution in [3.05, 3.63) is 28.3 Å². The number of carbonyl (C=O) groups is 1. The Morgan fingerprint density at radius 1 is 1.32 bits per heavy atom. The molecule has 1 saturated heterocycles. The SMILES string of the molecule is O=C(CS(=O)(=O)Cc1cc(Cl)cc2c1OCOC2)N1CCC1. The quantitative estimate of drug-likeness (QED) is 0.823. The number of amides is 1. The molecule has 1 aromatic rings. The Hall–Kier alpha value is -1.31. The Kier molecular flexibility index (Phi) is 4.29. The molecule has 0 aromatic heterocycles. The van der Waals surface area contributed by atoms with Crippen LogP contribution < -0.4 is 4.74 Å². The highest BCUT2D eigenvalue weighted by Gasteiger charge is 2.27. The molecule has 2 aliphatic rings. The molecule has 0 radical (unpaired) electrons. The summed E-state index contributed by atoms with van der Waals surface area (Å²) in [6.45, 7) is 1.69. The van der Waals surface area contributed by atoms with E-state index in [0.29, 0.717) is 36.0 Å². The van der Waals surface area contributed by atoms with E-state index in [0.717, 1.165) is 12.0 Å². The van der Waals surface area contributed by atoms with Crippen molar-refractivity contribution in [2.75, 3.05) is 25.6 Å². The maximum Gasteiger partial charge on any atom is 0.237 e. The molecule has 0 saturated carbocycles. The number of rotatable bonds is 4. The number of hydrogen-bond acceptors (Lipinski definition) is 5. The predicted molar refractivity (Wildman–Crippen MR) is 80.4 cm³/mol. The molecule has 0 atom stereocenters. The van der Waals surface area contributed by atoms with Crippen molar-refractivity contribution in [1.29, 1.82) is 0 Å². The molecular weight excluding hydrogens is 330 g/mol. The summed E-state index contributed by atoms with van der Waals surface area (Å²) in [4.78, 5) is 13.4. The summed E-state index contributed by atoms with van der Waals surface area (Å²) in [5, 5.41) is 0.423. The zero-order chi connectivity index (χ0) is 15.7. The molecule has 1 amide bonds. The van der Waals surface area contributed by atoms with Gasteiger partial charge in [-0.15, -0.1) is 0 Å². The molecule has 1 aromatic carbocycles. The molecule has 0 N–H and O–H groups in total. The fraction of sp³-hybridized carbons (Fsp3) is 0.500. The first-order valence-electron chi connectivity index (χ1n) is 6.95. The van der Waals surface area contributed by atoms with Crippen LogP contribution in [0.2, 0.25) is 5.02 Å². The molecule has 2 aliphatic heterocycles. The first kappa shape index (κ1) is 15.6. The summed E-state index contributed by atoms with van der Waals surface area (Å²) in [7, 11) is -3.58. The summed E-state index contributed by atoms with van der Waals surface area (Å²) in [6, 6.07) is 3.26. The standard InChI is InChI=1S/C14H16ClNO5S/c15-12-4-10-6-20-9-21-14(10)11(5-12)7-22(18,19)8-13(17)16-2-1-3-16/h4-5H,1-3,6-9H2. The summed E-state index contributed by atoms with van der Waals surface area (Å²) in [6.07, 6.45) is 0.932. The largest absolute Gasteiger partial charge is 0.467 e. The van der Waals surface area contributed by atoms with Crippen LogP contribution >= 0.6 is 11.6 Å².